The van der Waals surface area contributed by atoms with Crippen LogP contribution in [0, 0.1) is 0 Å². The number of nitrogens with one attached hydrogen (secondary N) is 1. The van der Waals surface area contributed by atoms with Crippen LogP contribution in [0.15, 0.2) is 24.3 Å². The van der Waals surface area contributed by atoms with Crippen molar-refractivity contribution in [2.75, 3.05) is 19.6 Å². The fourth-order valence-corrected chi connectivity index (χ4v) is 2.92. The molecule has 0 aliphatic carbocycles. The van der Waals surface area contributed by atoms with Gasteiger partial charge in [-0.05, 0) is 24.6 Å². The van der Waals surface area contributed by atoms with E-state index in [0.717, 1.165) is 39.0 Å². The van der Waals surface area contributed by atoms with Crippen molar-refractivity contribution in [3.8, 4) is 0 Å². The first-order chi connectivity index (χ1) is 8.42. The molecule has 0 spiro atoms. The molecule has 90 valence electrons. The van der Waals surface area contributed by atoms with E-state index in [9.17, 15) is 0 Å². The van der Waals surface area contributed by atoms with Gasteiger partial charge in [0.2, 0.25) is 0 Å². The molecule has 0 saturated carbocycles. The van der Waals surface area contributed by atoms with Crippen molar-refractivity contribution in [2.45, 2.75) is 19.4 Å². The van der Waals surface area contributed by atoms with Gasteiger partial charge < -0.3 is 15.6 Å². The molecule has 3 heteroatoms. The van der Waals surface area contributed by atoms with Crippen LogP contribution < -0.4 is 11.1 Å². The number of rotatable bonds is 2. The molecule has 2 heterocycles. The summed E-state index contributed by atoms with van der Waals surface area (Å²) in [4.78, 5) is 0. The zero-order valence-corrected chi connectivity index (χ0v) is 10.1. The lowest BCUT2D eigenvalue weighted by molar-refractivity contribution is 0.657. The number of para-hydroxylation sites is 1. The third kappa shape index (κ3) is 1.75. The van der Waals surface area contributed by atoms with Crippen LogP contribution in [-0.2, 0) is 19.4 Å². The largest absolute Gasteiger partial charge is 0.343 e. The fraction of sp³-hybridized carbons (Fsp3) is 0.429. The number of benzene rings is 1. The van der Waals surface area contributed by atoms with Gasteiger partial charge in [0, 0.05) is 42.7 Å². The van der Waals surface area contributed by atoms with E-state index >= 15 is 0 Å². The smallest absolute Gasteiger partial charge is 0.0485 e. The van der Waals surface area contributed by atoms with Crippen LogP contribution in [0.5, 0.6) is 0 Å². The van der Waals surface area contributed by atoms with Crippen molar-refractivity contribution in [3.63, 3.8) is 0 Å². The Morgan fingerprint density at radius 2 is 2.12 bits per heavy atom. The molecule has 1 aliphatic heterocycles. The quantitative estimate of drug-likeness (QED) is 0.815. The summed E-state index contributed by atoms with van der Waals surface area (Å²) in [6.07, 6.45) is 2.10. The van der Waals surface area contributed by atoms with Gasteiger partial charge in [0.05, 0.1) is 0 Å². The highest BCUT2D eigenvalue weighted by Gasteiger charge is 2.17. The maximum Gasteiger partial charge on any atom is 0.0485 e. The molecule has 0 saturated heterocycles. The van der Waals surface area contributed by atoms with Crippen molar-refractivity contribution >= 4 is 10.9 Å². The van der Waals surface area contributed by atoms with Crippen molar-refractivity contribution in [3.05, 3.63) is 35.5 Å². The molecule has 0 bridgehead atoms. The summed E-state index contributed by atoms with van der Waals surface area (Å²) in [6, 6.07) is 8.71. The Hall–Kier alpha value is -1.32. The van der Waals surface area contributed by atoms with E-state index in [2.05, 4.69) is 34.1 Å². The Balaban J connectivity index is 2.24. The van der Waals surface area contributed by atoms with Gasteiger partial charge in [-0.1, -0.05) is 18.2 Å². The minimum absolute atomic E-state index is 0.731. The minimum Gasteiger partial charge on any atom is -0.343 e. The second-order valence-corrected chi connectivity index (χ2v) is 4.63. The van der Waals surface area contributed by atoms with Crippen LogP contribution >= 0.6 is 0 Å². The number of fused-ring (bicyclic) bond motifs is 3. The lowest BCUT2D eigenvalue weighted by Gasteiger charge is -2.06. The van der Waals surface area contributed by atoms with Crippen molar-refractivity contribution in [2.24, 2.45) is 5.73 Å². The van der Waals surface area contributed by atoms with Crippen LogP contribution in [0.1, 0.15) is 11.3 Å². The number of aromatic nitrogens is 1. The lowest BCUT2D eigenvalue weighted by atomic mass is 10.1. The van der Waals surface area contributed by atoms with Crippen LogP contribution in [0.4, 0.5) is 0 Å². The zero-order valence-electron chi connectivity index (χ0n) is 10.1. The minimum atomic E-state index is 0.731. The topological polar surface area (TPSA) is 43.0 Å². The summed E-state index contributed by atoms with van der Waals surface area (Å²) >= 11 is 0. The van der Waals surface area contributed by atoms with Gasteiger partial charge >= 0.3 is 0 Å². The Morgan fingerprint density at radius 1 is 1.24 bits per heavy atom. The molecule has 1 aliphatic rings. The molecule has 0 amide bonds. The summed E-state index contributed by atoms with van der Waals surface area (Å²) in [7, 11) is 0. The maximum absolute atomic E-state index is 5.76. The number of nitrogens with zero attached hydrogens (tertiary/aromatic N) is 1. The first kappa shape index (κ1) is 10.8. The summed E-state index contributed by atoms with van der Waals surface area (Å²) < 4.78 is 2.47. The lowest BCUT2D eigenvalue weighted by Crippen LogP contribution is -2.17. The molecule has 3 N–H and O–H groups in total. The van der Waals surface area contributed by atoms with Crippen LogP contribution in [-0.4, -0.2) is 24.2 Å². The van der Waals surface area contributed by atoms with E-state index in [0.29, 0.717) is 0 Å². The second-order valence-electron chi connectivity index (χ2n) is 4.63. The first-order valence-corrected chi connectivity index (χ1v) is 6.41. The monoisotopic (exact) mass is 229 g/mol. The van der Waals surface area contributed by atoms with E-state index in [-0.39, 0.29) is 0 Å². The van der Waals surface area contributed by atoms with Gasteiger partial charge in [0.1, 0.15) is 0 Å². The van der Waals surface area contributed by atoms with Crippen molar-refractivity contribution in [1.29, 1.82) is 0 Å². The number of hydrogen-bond donors (Lipinski definition) is 2. The molecule has 0 radical (unpaired) electrons. The van der Waals surface area contributed by atoms with Crippen LogP contribution in [0.2, 0.25) is 0 Å². The maximum atomic E-state index is 5.76. The molecule has 2 aromatic rings. The second kappa shape index (κ2) is 4.51. The van der Waals surface area contributed by atoms with Gasteiger partial charge in [-0.2, -0.15) is 0 Å². The molecular formula is C14H19N3. The number of nitrogens with two attached hydrogens (primary N) is 1. The van der Waals surface area contributed by atoms with Gasteiger partial charge in [-0.15, -0.1) is 0 Å². The van der Waals surface area contributed by atoms with Gasteiger partial charge in [0.15, 0.2) is 0 Å². The summed E-state index contributed by atoms with van der Waals surface area (Å²) in [5.41, 5.74) is 10.1. The molecule has 3 nitrogen and oxygen atoms in total. The van der Waals surface area contributed by atoms with Crippen LogP contribution in [0.3, 0.4) is 0 Å². The van der Waals surface area contributed by atoms with E-state index in [4.69, 9.17) is 5.73 Å². The molecular weight excluding hydrogens is 210 g/mol. The average molecular weight is 229 g/mol. The summed E-state index contributed by atoms with van der Waals surface area (Å²) in [5.74, 6) is 0. The molecule has 1 aromatic heterocycles. The SMILES string of the molecule is NCCc1c2n(c3ccccc13)CCNCC2. The highest BCUT2D eigenvalue weighted by molar-refractivity contribution is 5.85. The summed E-state index contributed by atoms with van der Waals surface area (Å²) in [5, 5.41) is 4.86. The summed E-state index contributed by atoms with van der Waals surface area (Å²) in [6.45, 7) is 3.94. The normalized spacial score (nSPS) is 15.8. The predicted octanol–water partition coefficient (Wildman–Crippen LogP) is 1.29. The highest BCUT2D eigenvalue weighted by atomic mass is 15.0. The van der Waals surface area contributed by atoms with Gasteiger partial charge in [0.25, 0.3) is 0 Å². The molecule has 1 aromatic carbocycles. The average Bonchev–Trinajstić information content (AvgIpc) is 2.55. The first-order valence-electron chi connectivity index (χ1n) is 6.41. The van der Waals surface area contributed by atoms with E-state index < -0.39 is 0 Å². The number of hydrogen-bond acceptors (Lipinski definition) is 2. The van der Waals surface area contributed by atoms with E-state index in [1.54, 1.807) is 0 Å². The fourth-order valence-electron chi connectivity index (χ4n) is 2.92. The zero-order chi connectivity index (χ0) is 11.7. The third-order valence-electron chi connectivity index (χ3n) is 3.64. The Bertz CT molecular complexity index is 512. The Labute approximate surface area is 102 Å². The Kier molecular flexibility index (Phi) is 2.87. The molecule has 0 fully saturated rings. The molecule has 17 heavy (non-hydrogen) atoms. The Morgan fingerprint density at radius 3 is 3.00 bits per heavy atom. The molecule has 0 atom stereocenters. The third-order valence-corrected chi connectivity index (χ3v) is 3.64. The highest BCUT2D eigenvalue weighted by Crippen LogP contribution is 2.27. The van der Waals surface area contributed by atoms with Gasteiger partial charge in [-0.3, -0.25) is 0 Å². The predicted molar refractivity (Wildman–Crippen MR) is 71.3 cm³/mol. The van der Waals surface area contributed by atoms with E-state index in [1.807, 2.05) is 0 Å². The van der Waals surface area contributed by atoms with E-state index in [1.165, 1.54) is 22.2 Å². The van der Waals surface area contributed by atoms with Gasteiger partial charge in [-0.25, -0.2) is 0 Å². The van der Waals surface area contributed by atoms with Crippen molar-refractivity contribution in [1.82, 2.24) is 9.88 Å². The molecule has 0 unspecified atom stereocenters. The van der Waals surface area contributed by atoms with Crippen LogP contribution in [0.25, 0.3) is 10.9 Å². The standard InChI is InChI=1S/C14H19N3/c15-7-5-12-11-3-1-2-4-13(11)17-10-9-16-8-6-14(12)17/h1-4,16H,5-10,15H2. The van der Waals surface area contributed by atoms with Crippen molar-refractivity contribution < 1.29 is 0 Å². The molecule has 3 rings (SSSR count).